The van der Waals surface area contributed by atoms with Crippen LogP contribution in [0.4, 0.5) is 0 Å². The SMILES string of the molecule is COC(=O)c1c(C)n(C)c2cc(C)c(OC)cc12. The van der Waals surface area contributed by atoms with Gasteiger partial charge in [0.1, 0.15) is 5.75 Å². The molecule has 0 unspecified atom stereocenters. The first-order valence-corrected chi connectivity index (χ1v) is 5.73. The number of aryl methyl sites for hydroxylation is 2. The highest BCUT2D eigenvalue weighted by molar-refractivity contribution is 6.06. The first-order valence-electron chi connectivity index (χ1n) is 5.73. The maximum absolute atomic E-state index is 11.9. The molecular weight excluding hydrogens is 230 g/mol. The molecule has 96 valence electrons. The molecule has 0 N–H and O–H groups in total. The average Bonchev–Trinajstić information content (AvgIpc) is 2.60. The third-order valence-corrected chi connectivity index (χ3v) is 3.40. The van der Waals surface area contributed by atoms with Gasteiger partial charge in [0.2, 0.25) is 0 Å². The zero-order valence-electron chi connectivity index (χ0n) is 11.3. The van der Waals surface area contributed by atoms with Gasteiger partial charge in [-0.15, -0.1) is 0 Å². The first-order chi connectivity index (χ1) is 8.51. The summed E-state index contributed by atoms with van der Waals surface area (Å²) >= 11 is 0. The Balaban J connectivity index is 2.86. The fourth-order valence-electron chi connectivity index (χ4n) is 2.27. The Morgan fingerprint density at radius 3 is 2.44 bits per heavy atom. The van der Waals surface area contributed by atoms with Crippen molar-refractivity contribution in [2.24, 2.45) is 7.05 Å². The van der Waals surface area contributed by atoms with E-state index < -0.39 is 0 Å². The summed E-state index contributed by atoms with van der Waals surface area (Å²) in [5.41, 5.74) is 3.55. The molecule has 1 aromatic carbocycles. The van der Waals surface area contributed by atoms with E-state index in [1.807, 2.05) is 37.6 Å². The number of nitrogens with zero attached hydrogens (tertiary/aromatic N) is 1. The zero-order chi connectivity index (χ0) is 13.4. The van der Waals surface area contributed by atoms with Crippen LogP contribution in [0.15, 0.2) is 12.1 Å². The lowest BCUT2D eigenvalue weighted by Crippen LogP contribution is -2.03. The Kier molecular flexibility index (Phi) is 3.03. The van der Waals surface area contributed by atoms with Gasteiger partial charge < -0.3 is 14.0 Å². The van der Waals surface area contributed by atoms with Crippen LogP contribution < -0.4 is 4.74 Å². The predicted octanol–water partition coefficient (Wildman–Crippen LogP) is 2.59. The number of methoxy groups -OCH3 is 2. The molecule has 0 aliphatic carbocycles. The van der Waals surface area contributed by atoms with Crippen LogP contribution in [0.25, 0.3) is 10.9 Å². The summed E-state index contributed by atoms with van der Waals surface area (Å²) in [4.78, 5) is 11.9. The molecule has 0 fully saturated rings. The smallest absolute Gasteiger partial charge is 0.340 e. The highest BCUT2D eigenvalue weighted by Crippen LogP contribution is 2.31. The van der Waals surface area contributed by atoms with Crippen molar-refractivity contribution in [3.8, 4) is 5.75 Å². The Bertz CT molecular complexity index is 626. The molecular formula is C14H17NO3. The van der Waals surface area contributed by atoms with Crippen LogP contribution in [-0.4, -0.2) is 24.8 Å². The summed E-state index contributed by atoms with van der Waals surface area (Å²) in [5.74, 6) is 0.460. The predicted molar refractivity (Wildman–Crippen MR) is 70.3 cm³/mol. The molecule has 0 atom stereocenters. The average molecular weight is 247 g/mol. The lowest BCUT2D eigenvalue weighted by Gasteiger charge is -2.06. The van der Waals surface area contributed by atoms with Crippen molar-refractivity contribution in [2.75, 3.05) is 14.2 Å². The van der Waals surface area contributed by atoms with Gasteiger partial charge in [-0.25, -0.2) is 4.79 Å². The van der Waals surface area contributed by atoms with E-state index in [0.29, 0.717) is 5.56 Å². The topological polar surface area (TPSA) is 40.5 Å². The number of benzene rings is 1. The van der Waals surface area contributed by atoms with E-state index in [2.05, 4.69) is 0 Å². The van der Waals surface area contributed by atoms with Gasteiger partial charge >= 0.3 is 5.97 Å². The van der Waals surface area contributed by atoms with E-state index >= 15 is 0 Å². The Morgan fingerprint density at radius 2 is 1.89 bits per heavy atom. The second-order valence-corrected chi connectivity index (χ2v) is 4.35. The maximum Gasteiger partial charge on any atom is 0.340 e. The maximum atomic E-state index is 11.9. The minimum absolute atomic E-state index is 0.316. The van der Waals surface area contributed by atoms with E-state index in [-0.39, 0.29) is 5.97 Å². The van der Waals surface area contributed by atoms with Gasteiger partial charge in [-0.1, -0.05) is 0 Å². The molecule has 0 aliphatic rings. The van der Waals surface area contributed by atoms with Crippen molar-refractivity contribution in [2.45, 2.75) is 13.8 Å². The van der Waals surface area contributed by atoms with Crippen molar-refractivity contribution in [3.05, 3.63) is 29.0 Å². The van der Waals surface area contributed by atoms with Crippen LogP contribution in [-0.2, 0) is 11.8 Å². The summed E-state index contributed by atoms with van der Waals surface area (Å²) in [6.07, 6.45) is 0. The van der Waals surface area contributed by atoms with Gasteiger partial charge in [0, 0.05) is 23.6 Å². The van der Waals surface area contributed by atoms with Crippen molar-refractivity contribution >= 4 is 16.9 Å². The number of ether oxygens (including phenoxy) is 2. The van der Waals surface area contributed by atoms with Crippen LogP contribution in [0.1, 0.15) is 21.6 Å². The fourth-order valence-corrected chi connectivity index (χ4v) is 2.27. The molecule has 4 nitrogen and oxygen atoms in total. The number of esters is 1. The van der Waals surface area contributed by atoms with Crippen LogP contribution in [0.2, 0.25) is 0 Å². The standard InChI is InChI=1S/C14H17NO3/c1-8-6-11-10(7-12(8)17-4)13(14(16)18-5)9(2)15(11)3/h6-7H,1-5H3. The molecule has 0 radical (unpaired) electrons. The quantitative estimate of drug-likeness (QED) is 0.766. The van der Waals surface area contributed by atoms with Crippen molar-refractivity contribution < 1.29 is 14.3 Å². The third kappa shape index (κ3) is 1.65. The largest absolute Gasteiger partial charge is 0.496 e. The van der Waals surface area contributed by atoms with Gasteiger partial charge in [0.15, 0.2) is 0 Å². The third-order valence-electron chi connectivity index (χ3n) is 3.40. The normalized spacial score (nSPS) is 10.7. The van der Waals surface area contributed by atoms with Gasteiger partial charge in [0.05, 0.1) is 19.8 Å². The zero-order valence-corrected chi connectivity index (χ0v) is 11.3. The molecule has 2 aromatic rings. The summed E-state index contributed by atoms with van der Waals surface area (Å²) in [6, 6.07) is 3.91. The second-order valence-electron chi connectivity index (χ2n) is 4.35. The van der Waals surface area contributed by atoms with Crippen LogP contribution in [0.3, 0.4) is 0 Å². The van der Waals surface area contributed by atoms with E-state index in [1.165, 1.54) is 7.11 Å². The Labute approximate surface area is 106 Å². The number of carbonyl (C=O) groups is 1. The summed E-state index contributed by atoms with van der Waals surface area (Å²) in [7, 11) is 4.96. The molecule has 18 heavy (non-hydrogen) atoms. The number of hydrogen-bond donors (Lipinski definition) is 0. The van der Waals surface area contributed by atoms with E-state index in [4.69, 9.17) is 9.47 Å². The van der Waals surface area contributed by atoms with Gasteiger partial charge in [-0.3, -0.25) is 0 Å². The lowest BCUT2D eigenvalue weighted by atomic mass is 10.1. The van der Waals surface area contributed by atoms with Gasteiger partial charge in [-0.05, 0) is 31.5 Å². The highest BCUT2D eigenvalue weighted by atomic mass is 16.5. The van der Waals surface area contributed by atoms with Crippen molar-refractivity contribution in [3.63, 3.8) is 0 Å². The van der Waals surface area contributed by atoms with E-state index in [1.54, 1.807) is 7.11 Å². The Morgan fingerprint density at radius 1 is 1.22 bits per heavy atom. The van der Waals surface area contributed by atoms with Gasteiger partial charge in [-0.2, -0.15) is 0 Å². The molecule has 0 saturated heterocycles. The number of rotatable bonds is 2. The molecule has 0 bridgehead atoms. The number of fused-ring (bicyclic) bond motifs is 1. The molecule has 1 heterocycles. The molecule has 2 rings (SSSR count). The van der Waals surface area contributed by atoms with Crippen LogP contribution in [0.5, 0.6) is 5.75 Å². The number of carbonyl (C=O) groups excluding carboxylic acids is 1. The van der Waals surface area contributed by atoms with Gasteiger partial charge in [0.25, 0.3) is 0 Å². The molecule has 1 aromatic heterocycles. The summed E-state index contributed by atoms with van der Waals surface area (Å²) < 4.78 is 12.2. The van der Waals surface area contributed by atoms with Crippen LogP contribution in [0, 0.1) is 13.8 Å². The number of aromatic nitrogens is 1. The van der Waals surface area contributed by atoms with E-state index in [9.17, 15) is 4.79 Å². The minimum atomic E-state index is -0.316. The molecule has 4 heteroatoms. The van der Waals surface area contributed by atoms with Crippen molar-refractivity contribution in [1.82, 2.24) is 4.57 Å². The molecule has 0 spiro atoms. The second kappa shape index (κ2) is 4.37. The number of hydrogen-bond acceptors (Lipinski definition) is 3. The molecule has 0 aliphatic heterocycles. The monoisotopic (exact) mass is 247 g/mol. The Hall–Kier alpha value is -1.97. The summed E-state index contributed by atoms with van der Waals surface area (Å²) in [5, 5.41) is 0.865. The lowest BCUT2D eigenvalue weighted by molar-refractivity contribution is 0.0602. The fraction of sp³-hybridized carbons (Fsp3) is 0.357. The van der Waals surface area contributed by atoms with Crippen LogP contribution >= 0.6 is 0 Å². The summed E-state index contributed by atoms with van der Waals surface area (Å²) in [6.45, 7) is 3.90. The highest BCUT2D eigenvalue weighted by Gasteiger charge is 2.20. The van der Waals surface area contributed by atoms with E-state index in [0.717, 1.165) is 27.9 Å². The minimum Gasteiger partial charge on any atom is -0.496 e. The molecule has 0 saturated carbocycles. The molecule has 0 amide bonds. The van der Waals surface area contributed by atoms with Crippen molar-refractivity contribution in [1.29, 1.82) is 0 Å². The first kappa shape index (κ1) is 12.5.